The van der Waals surface area contributed by atoms with Gasteiger partial charge in [-0.3, -0.25) is 4.79 Å². The number of H-pyrrole nitrogens is 1. The van der Waals surface area contributed by atoms with E-state index in [2.05, 4.69) is 30.9 Å². The number of carbonyl (C=O) groups is 1. The Morgan fingerprint density at radius 2 is 2.10 bits per heavy atom. The number of halogens is 1. The van der Waals surface area contributed by atoms with Crippen LogP contribution in [-0.2, 0) is 12.0 Å². The monoisotopic (exact) mass is 503 g/mol. The van der Waals surface area contributed by atoms with Gasteiger partial charge in [-0.1, -0.05) is 12.1 Å². The van der Waals surface area contributed by atoms with Crippen molar-refractivity contribution in [3.8, 4) is 0 Å². The second kappa shape index (κ2) is 7.23. The van der Waals surface area contributed by atoms with E-state index in [1.165, 1.54) is 11.3 Å². The van der Waals surface area contributed by atoms with E-state index in [0.717, 1.165) is 26.6 Å². The summed E-state index contributed by atoms with van der Waals surface area (Å²) in [6.45, 7) is 3.86. The van der Waals surface area contributed by atoms with Gasteiger partial charge in [0, 0.05) is 18.7 Å². The molecule has 0 saturated heterocycles. The standard InChI is InChI=1S/C20H18BrN5O2S2/c1-20(2,28)19-25-16(21)15(30-19)18(27)26-8-7-11-13(23-9-22-11)14(26)17-24-10-5-3-4-6-12(10)29-17/h3-6,9,14,28H,7-8H2,1-2H3,(H,22,23)/t14-/m0/s1. The third kappa shape index (κ3) is 3.27. The van der Waals surface area contributed by atoms with Gasteiger partial charge in [-0.05, 0) is 41.9 Å². The Hall–Kier alpha value is -2.14. The number of imidazole rings is 1. The Kier molecular flexibility index (Phi) is 4.77. The average molecular weight is 504 g/mol. The molecule has 0 fully saturated rings. The zero-order valence-electron chi connectivity index (χ0n) is 16.2. The molecule has 0 bridgehead atoms. The molecule has 4 aromatic rings. The molecule has 0 unspecified atom stereocenters. The molecular formula is C20H18BrN5O2S2. The molecule has 7 nitrogen and oxygen atoms in total. The lowest BCUT2D eigenvalue weighted by Crippen LogP contribution is -2.40. The Balaban J connectivity index is 1.60. The molecule has 5 rings (SSSR count). The number of hydrogen-bond donors (Lipinski definition) is 2. The first kappa shape index (κ1) is 19.8. The van der Waals surface area contributed by atoms with Gasteiger partial charge >= 0.3 is 0 Å². The normalized spacial score (nSPS) is 16.8. The molecule has 0 radical (unpaired) electrons. The smallest absolute Gasteiger partial charge is 0.267 e. The fourth-order valence-corrected chi connectivity index (χ4v) is 6.28. The van der Waals surface area contributed by atoms with Crippen LogP contribution in [0.3, 0.4) is 0 Å². The van der Waals surface area contributed by atoms with Gasteiger partial charge in [0.05, 0.1) is 22.2 Å². The first-order chi connectivity index (χ1) is 14.3. The number of para-hydroxylation sites is 1. The minimum atomic E-state index is -1.12. The molecule has 1 atom stereocenters. The van der Waals surface area contributed by atoms with E-state index in [0.29, 0.717) is 27.5 Å². The van der Waals surface area contributed by atoms with Crippen molar-refractivity contribution in [3.63, 3.8) is 0 Å². The maximum absolute atomic E-state index is 13.6. The lowest BCUT2D eigenvalue weighted by atomic mass is 10.0. The average Bonchev–Trinajstić information content (AvgIpc) is 3.43. The maximum atomic E-state index is 13.6. The molecule has 10 heteroatoms. The number of hydrogen-bond acceptors (Lipinski definition) is 7. The van der Waals surface area contributed by atoms with Crippen molar-refractivity contribution < 1.29 is 9.90 Å². The van der Waals surface area contributed by atoms with Crippen molar-refractivity contribution in [3.05, 3.63) is 61.5 Å². The molecule has 1 aliphatic heterocycles. The maximum Gasteiger partial charge on any atom is 0.267 e. The summed E-state index contributed by atoms with van der Waals surface area (Å²) in [7, 11) is 0. The number of thiazole rings is 2. The van der Waals surface area contributed by atoms with Crippen LogP contribution in [0, 0.1) is 0 Å². The van der Waals surface area contributed by atoms with Crippen LogP contribution in [0.2, 0.25) is 0 Å². The van der Waals surface area contributed by atoms with Crippen LogP contribution in [-0.4, -0.2) is 42.4 Å². The molecule has 0 spiro atoms. The first-order valence-corrected chi connectivity index (χ1v) is 11.8. The summed E-state index contributed by atoms with van der Waals surface area (Å²) in [5.41, 5.74) is 1.66. The van der Waals surface area contributed by atoms with E-state index in [1.807, 2.05) is 29.2 Å². The lowest BCUT2D eigenvalue weighted by Gasteiger charge is -2.33. The van der Waals surface area contributed by atoms with Gasteiger partial charge in [-0.15, -0.1) is 22.7 Å². The van der Waals surface area contributed by atoms with Gasteiger partial charge in [0.2, 0.25) is 0 Å². The van der Waals surface area contributed by atoms with Crippen LogP contribution in [0.25, 0.3) is 10.2 Å². The topological polar surface area (TPSA) is 95.0 Å². The van der Waals surface area contributed by atoms with Gasteiger partial charge < -0.3 is 15.0 Å². The zero-order chi connectivity index (χ0) is 21.0. The van der Waals surface area contributed by atoms with Crippen molar-refractivity contribution in [2.45, 2.75) is 31.9 Å². The Morgan fingerprint density at radius 3 is 2.83 bits per heavy atom. The number of carbonyl (C=O) groups excluding carboxylic acids is 1. The molecule has 3 aromatic heterocycles. The van der Waals surface area contributed by atoms with E-state index in [-0.39, 0.29) is 11.9 Å². The summed E-state index contributed by atoms with van der Waals surface area (Å²) in [5.74, 6) is -0.146. The number of nitrogens with one attached hydrogen (secondary N) is 1. The zero-order valence-corrected chi connectivity index (χ0v) is 19.4. The number of fused-ring (bicyclic) bond motifs is 2. The third-order valence-corrected chi connectivity index (χ3v) is 8.31. The highest BCUT2D eigenvalue weighted by Gasteiger charge is 2.38. The molecule has 2 N–H and O–H groups in total. The molecule has 154 valence electrons. The Labute approximate surface area is 189 Å². The fourth-order valence-electron chi connectivity index (χ4n) is 3.58. The van der Waals surface area contributed by atoms with Crippen molar-refractivity contribution in [1.82, 2.24) is 24.8 Å². The number of amides is 1. The Bertz CT molecular complexity index is 1220. The summed E-state index contributed by atoms with van der Waals surface area (Å²) in [6, 6.07) is 7.59. The number of aromatic nitrogens is 4. The molecule has 0 saturated carbocycles. The molecule has 1 aromatic carbocycles. The number of aliphatic hydroxyl groups is 1. The van der Waals surface area contributed by atoms with E-state index in [4.69, 9.17) is 4.98 Å². The second-order valence-corrected chi connectivity index (χ2v) is 10.4. The minimum Gasteiger partial charge on any atom is -0.383 e. The van der Waals surface area contributed by atoms with Gasteiger partial charge in [-0.2, -0.15) is 0 Å². The SMILES string of the molecule is CC(C)(O)c1nc(Br)c(C(=O)N2CCc3[nH]cnc3[C@H]2c2nc3ccccc3s2)s1. The van der Waals surface area contributed by atoms with Gasteiger partial charge in [0.1, 0.15) is 31.1 Å². The van der Waals surface area contributed by atoms with Crippen LogP contribution in [0.5, 0.6) is 0 Å². The summed E-state index contributed by atoms with van der Waals surface area (Å²) >= 11 is 6.20. The highest BCUT2D eigenvalue weighted by atomic mass is 79.9. The van der Waals surface area contributed by atoms with Crippen molar-refractivity contribution >= 4 is 54.7 Å². The lowest BCUT2D eigenvalue weighted by molar-refractivity contribution is 0.0694. The first-order valence-electron chi connectivity index (χ1n) is 9.40. The Morgan fingerprint density at radius 1 is 1.30 bits per heavy atom. The molecule has 4 heterocycles. The van der Waals surface area contributed by atoms with Gasteiger partial charge in [0.25, 0.3) is 5.91 Å². The number of benzene rings is 1. The summed E-state index contributed by atoms with van der Waals surface area (Å²) in [5, 5.41) is 11.6. The quantitative estimate of drug-likeness (QED) is 0.435. The molecular weight excluding hydrogens is 486 g/mol. The van der Waals surface area contributed by atoms with Crippen molar-refractivity contribution in [1.29, 1.82) is 0 Å². The molecule has 0 aliphatic carbocycles. The molecule has 30 heavy (non-hydrogen) atoms. The van der Waals surface area contributed by atoms with Crippen molar-refractivity contribution in [2.24, 2.45) is 0 Å². The largest absolute Gasteiger partial charge is 0.383 e. The number of nitrogens with zero attached hydrogens (tertiary/aromatic N) is 4. The van der Waals surface area contributed by atoms with Gasteiger partial charge in [-0.25, -0.2) is 15.0 Å². The van der Waals surface area contributed by atoms with E-state index in [9.17, 15) is 9.90 Å². The number of rotatable bonds is 3. The predicted octanol–water partition coefficient (Wildman–Crippen LogP) is 4.25. The summed E-state index contributed by atoms with van der Waals surface area (Å²) < 4.78 is 1.52. The summed E-state index contributed by atoms with van der Waals surface area (Å²) in [6.07, 6.45) is 2.37. The third-order valence-electron chi connectivity index (χ3n) is 5.03. The van der Waals surface area contributed by atoms with Crippen LogP contribution >= 0.6 is 38.6 Å². The van der Waals surface area contributed by atoms with E-state index < -0.39 is 5.60 Å². The molecule has 1 amide bonds. The van der Waals surface area contributed by atoms with Gasteiger partial charge in [0.15, 0.2) is 0 Å². The highest BCUT2D eigenvalue weighted by molar-refractivity contribution is 9.10. The van der Waals surface area contributed by atoms with Crippen LogP contribution < -0.4 is 0 Å². The van der Waals surface area contributed by atoms with Crippen LogP contribution in [0.4, 0.5) is 0 Å². The molecule has 1 aliphatic rings. The highest BCUT2D eigenvalue weighted by Crippen LogP contribution is 2.40. The number of aromatic amines is 1. The summed E-state index contributed by atoms with van der Waals surface area (Å²) in [4.78, 5) is 32.8. The fraction of sp³-hybridized carbons (Fsp3) is 0.300. The van der Waals surface area contributed by atoms with Crippen LogP contribution in [0.1, 0.15) is 51.0 Å². The second-order valence-electron chi connectivity index (χ2n) is 7.64. The predicted molar refractivity (Wildman–Crippen MR) is 120 cm³/mol. The van der Waals surface area contributed by atoms with E-state index in [1.54, 1.807) is 31.5 Å². The van der Waals surface area contributed by atoms with E-state index >= 15 is 0 Å². The minimum absolute atomic E-state index is 0.146. The van der Waals surface area contributed by atoms with Crippen LogP contribution in [0.15, 0.2) is 35.2 Å². The van der Waals surface area contributed by atoms with Crippen molar-refractivity contribution in [2.75, 3.05) is 6.54 Å².